The molecule has 22 heavy (non-hydrogen) atoms. The van der Waals surface area contributed by atoms with Crippen LogP contribution >= 0.6 is 0 Å². The predicted octanol–water partition coefficient (Wildman–Crippen LogP) is 4.38. The Bertz CT molecular complexity index is 297. The predicted molar refractivity (Wildman–Crippen MR) is 87.2 cm³/mol. The molecule has 4 nitrogen and oxygen atoms in total. The highest BCUT2D eigenvalue weighted by molar-refractivity contribution is 5.71. The molecule has 0 aromatic carbocycles. The largest absolute Gasteiger partial charge is 0.465 e. The van der Waals surface area contributed by atoms with Gasteiger partial charge in [0.2, 0.25) is 0 Å². The lowest BCUT2D eigenvalue weighted by atomic mass is 9.83. The summed E-state index contributed by atoms with van der Waals surface area (Å²) < 4.78 is 5.41. The number of hydrogen-bond acceptors (Lipinski definition) is 4. The molecule has 1 rings (SSSR count). The molecule has 0 amide bonds. The van der Waals surface area contributed by atoms with E-state index in [-0.39, 0.29) is 11.9 Å². The van der Waals surface area contributed by atoms with Gasteiger partial charge in [-0.25, -0.2) is 9.78 Å². The summed E-state index contributed by atoms with van der Waals surface area (Å²) in [5.74, 6) is 1.62. The number of carbonyl (C=O) groups is 1. The quantitative estimate of drug-likeness (QED) is 0.260. The van der Waals surface area contributed by atoms with Gasteiger partial charge in [0.25, 0.3) is 0 Å². The van der Waals surface area contributed by atoms with Gasteiger partial charge in [-0.1, -0.05) is 34.1 Å². The van der Waals surface area contributed by atoms with Crippen LogP contribution in [0.3, 0.4) is 0 Å². The van der Waals surface area contributed by atoms with Crippen molar-refractivity contribution in [1.29, 1.82) is 0 Å². The van der Waals surface area contributed by atoms with Crippen LogP contribution < -0.4 is 0 Å². The summed E-state index contributed by atoms with van der Waals surface area (Å²) in [4.78, 5) is 22.3. The van der Waals surface area contributed by atoms with Crippen molar-refractivity contribution in [2.75, 3.05) is 19.8 Å². The fraction of sp³-hybridized carbons (Fsp3) is 0.944. The van der Waals surface area contributed by atoms with Crippen LogP contribution in [0.1, 0.15) is 66.2 Å². The molecule has 2 atom stereocenters. The number of esters is 1. The van der Waals surface area contributed by atoms with Gasteiger partial charge in [0.15, 0.2) is 0 Å². The second-order valence-electron chi connectivity index (χ2n) is 6.91. The van der Waals surface area contributed by atoms with Gasteiger partial charge in [-0.3, -0.25) is 4.79 Å². The van der Waals surface area contributed by atoms with E-state index >= 15 is 0 Å². The summed E-state index contributed by atoms with van der Waals surface area (Å²) in [5.41, 5.74) is 0. The summed E-state index contributed by atoms with van der Waals surface area (Å²) >= 11 is 0. The lowest BCUT2D eigenvalue weighted by Gasteiger charge is -2.28. The van der Waals surface area contributed by atoms with E-state index in [0.29, 0.717) is 37.6 Å². The molecule has 0 spiro atoms. The van der Waals surface area contributed by atoms with Crippen LogP contribution in [0, 0.1) is 23.7 Å². The molecule has 130 valence electrons. The molecule has 1 fully saturated rings. The van der Waals surface area contributed by atoms with Crippen LogP contribution in [0.4, 0.5) is 0 Å². The Morgan fingerprint density at radius 1 is 0.955 bits per heavy atom. The molecule has 0 N–H and O–H groups in total. The van der Waals surface area contributed by atoms with Crippen LogP contribution in [0.5, 0.6) is 0 Å². The molecular formula is C18H34O4. The third kappa shape index (κ3) is 7.59. The Morgan fingerprint density at radius 2 is 1.55 bits per heavy atom. The highest BCUT2D eigenvalue weighted by Crippen LogP contribution is 2.29. The van der Waals surface area contributed by atoms with E-state index in [2.05, 4.69) is 13.8 Å². The van der Waals surface area contributed by atoms with Crippen molar-refractivity contribution in [2.24, 2.45) is 23.7 Å². The van der Waals surface area contributed by atoms with Crippen molar-refractivity contribution < 1.29 is 19.3 Å². The van der Waals surface area contributed by atoms with Crippen LogP contribution in [0.2, 0.25) is 0 Å². The van der Waals surface area contributed by atoms with Crippen molar-refractivity contribution in [2.45, 2.75) is 66.2 Å². The lowest BCUT2D eigenvalue weighted by Crippen LogP contribution is -2.24. The standard InChI is InChI=1S/C18H34O4/c1-5-14(3)11-21-22-13-17-9-7-16(8-10-17)12-20-18(19)15(4)6-2/h14-17H,5-13H2,1-4H3. The summed E-state index contributed by atoms with van der Waals surface area (Å²) in [6, 6.07) is 0. The minimum absolute atomic E-state index is 0.0207. The van der Waals surface area contributed by atoms with Gasteiger partial charge < -0.3 is 4.74 Å². The first-order valence-electron chi connectivity index (χ1n) is 8.97. The van der Waals surface area contributed by atoms with E-state index in [4.69, 9.17) is 14.5 Å². The topological polar surface area (TPSA) is 44.8 Å². The zero-order valence-electron chi connectivity index (χ0n) is 14.8. The highest BCUT2D eigenvalue weighted by Gasteiger charge is 2.23. The first-order valence-corrected chi connectivity index (χ1v) is 8.97. The fourth-order valence-corrected chi connectivity index (χ4v) is 2.50. The zero-order valence-corrected chi connectivity index (χ0v) is 14.8. The van der Waals surface area contributed by atoms with Crippen LogP contribution in [0.15, 0.2) is 0 Å². The number of hydrogen-bond donors (Lipinski definition) is 0. The molecule has 0 aromatic heterocycles. The van der Waals surface area contributed by atoms with E-state index in [0.717, 1.165) is 38.5 Å². The smallest absolute Gasteiger partial charge is 0.308 e. The molecule has 0 radical (unpaired) electrons. The number of rotatable bonds is 10. The Kier molecular flexibility index (Phi) is 9.73. The molecular weight excluding hydrogens is 280 g/mol. The maximum atomic E-state index is 11.7. The third-order valence-corrected chi connectivity index (χ3v) is 4.88. The molecule has 1 saturated carbocycles. The van der Waals surface area contributed by atoms with E-state index < -0.39 is 0 Å². The number of carbonyl (C=O) groups excluding carboxylic acids is 1. The van der Waals surface area contributed by atoms with Gasteiger partial charge in [0.05, 0.1) is 25.7 Å². The van der Waals surface area contributed by atoms with Gasteiger partial charge in [0.1, 0.15) is 0 Å². The summed E-state index contributed by atoms with van der Waals surface area (Å²) in [5, 5.41) is 0. The van der Waals surface area contributed by atoms with Crippen LogP contribution in [0.25, 0.3) is 0 Å². The number of ether oxygens (including phenoxy) is 1. The Morgan fingerprint density at radius 3 is 2.09 bits per heavy atom. The van der Waals surface area contributed by atoms with Crippen molar-refractivity contribution in [1.82, 2.24) is 0 Å². The molecule has 4 heteroatoms. The second kappa shape index (κ2) is 11.0. The van der Waals surface area contributed by atoms with Gasteiger partial charge in [-0.05, 0) is 49.9 Å². The van der Waals surface area contributed by atoms with E-state index in [1.54, 1.807) is 0 Å². The Labute approximate surface area is 135 Å². The minimum Gasteiger partial charge on any atom is -0.465 e. The minimum atomic E-state index is -0.0496. The average molecular weight is 314 g/mol. The molecule has 0 bridgehead atoms. The first kappa shape index (κ1) is 19.4. The maximum absolute atomic E-state index is 11.7. The van der Waals surface area contributed by atoms with E-state index in [9.17, 15) is 4.79 Å². The van der Waals surface area contributed by atoms with E-state index in [1.807, 2.05) is 13.8 Å². The van der Waals surface area contributed by atoms with Crippen molar-refractivity contribution in [3.63, 3.8) is 0 Å². The third-order valence-electron chi connectivity index (χ3n) is 4.88. The van der Waals surface area contributed by atoms with Gasteiger partial charge in [-0.2, -0.15) is 0 Å². The second-order valence-corrected chi connectivity index (χ2v) is 6.91. The normalized spacial score (nSPS) is 24.7. The van der Waals surface area contributed by atoms with E-state index in [1.165, 1.54) is 0 Å². The van der Waals surface area contributed by atoms with Crippen molar-refractivity contribution in [3.8, 4) is 0 Å². The average Bonchev–Trinajstić information content (AvgIpc) is 2.56. The molecule has 0 saturated heterocycles. The molecule has 1 aliphatic rings. The monoisotopic (exact) mass is 314 g/mol. The maximum Gasteiger partial charge on any atom is 0.308 e. The molecule has 0 aromatic rings. The fourth-order valence-electron chi connectivity index (χ4n) is 2.50. The highest BCUT2D eigenvalue weighted by atomic mass is 17.2. The lowest BCUT2D eigenvalue weighted by molar-refractivity contribution is -0.308. The Hall–Kier alpha value is -0.610. The summed E-state index contributed by atoms with van der Waals surface area (Å²) in [7, 11) is 0. The summed E-state index contributed by atoms with van der Waals surface area (Å²) in [6.07, 6.45) is 6.47. The van der Waals surface area contributed by atoms with Gasteiger partial charge >= 0.3 is 5.97 Å². The molecule has 2 unspecified atom stereocenters. The molecule has 0 heterocycles. The van der Waals surface area contributed by atoms with Gasteiger partial charge in [-0.15, -0.1) is 0 Å². The summed E-state index contributed by atoms with van der Waals surface area (Å²) in [6.45, 7) is 10.2. The molecule has 1 aliphatic carbocycles. The SMILES string of the molecule is CCC(C)COOCC1CCC(COC(=O)C(C)CC)CC1. The van der Waals surface area contributed by atoms with Crippen LogP contribution in [-0.4, -0.2) is 25.8 Å². The van der Waals surface area contributed by atoms with Crippen LogP contribution in [-0.2, 0) is 19.3 Å². The molecule has 0 aliphatic heterocycles. The Balaban J connectivity index is 2.07. The van der Waals surface area contributed by atoms with Crippen molar-refractivity contribution >= 4 is 5.97 Å². The zero-order chi connectivity index (χ0) is 16.4. The van der Waals surface area contributed by atoms with Gasteiger partial charge in [0, 0.05) is 0 Å². The van der Waals surface area contributed by atoms with Crippen molar-refractivity contribution in [3.05, 3.63) is 0 Å². The first-order chi connectivity index (χ1) is 10.6.